The number of fused-ring (bicyclic) bond motifs is 2. The molecule has 246 valence electrons. The number of hydrogen-bond donors (Lipinski definition) is 0. The number of pyridine rings is 1. The molecule has 0 atom stereocenters. The zero-order valence-electron chi connectivity index (χ0n) is 28.1. The highest BCUT2D eigenvalue weighted by Crippen LogP contribution is 2.44. The average Bonchev–Trinajstić information content (AvgIpc) is 3.47. The molecule has 0 spiro atoms. The largest absolute Gasteiger partial charge is 0.468 e. The van der Waals surface area contributed by atoms with Crippen LogP contribution in [0, 0.1) is 5.41 Å². The molecule has 9 heteroatoms. The average molecular weight is 654 g/mol. The summed E-state index contributed by atoms with van der Waals surface area (Å²) in [7, 11) is 1.41. The lowest BCUT2D eigenvalue weighted by molar-refractivity contribution is 0.0600. The second-order valence-corrected chi connectivity index (χ2v) is 14.9. The van der Waals surface area contributed by atoms with Crippen molar-refractivity contribution in [3.63, 3.8) is 0 Å². The quantitative estimate of drug-likeness (QED) is 0.198. The van der Waals surface area contributed by atoms with Gasteiger partial charge >= 0.3 is 5.97 Å². The normalized spacial score (nSPS) is 19.4. The topological polar surface area (TPSA) is 63.1 Å². The van der Waals surface area contributed by atoms with Crippen LogP contribution >= 0.6 is 11.6 Å². The molecule has 1 aliphatic carbocycles. The van der Waals surface area contributed by atoms with E-state index >= 15 is 0 Å². The number of carbonyl (C=O) groups is 1. The van der Waals surface area contributed by atoms with E-state index in [0.29, 0.717) is 23.4 Å². The number of para-hydroxylation sites is 1. The Hall–Kier alpha value is -4.01. The van der Waals surface area contributed by atoms with Crippen molar-refractivity contribution in [3.8, 4) is 5.88 Å². The van der Waals surface area contributed by atoms with Crippen LogP contribution in [-0.2, 0) is 4.74 Å². The Kier molecular flexibility index (Phi) is 8.21. The minimum atomic E-state index is -0.520. The highest BCUT2D eigenvalue weighted by atomic mass is 35.5. The number of methoxy groups -OCH3 is 1. The Morgan fingerprint density at radius 2 is 1.72 bits per heavy atom. The molecule has 47 heavy (non-hydrogen) atoms. The Morgan fingerprint density at radius 1 is 0.979 bits per heavy atom. The van der Waals surface area contributed by atoms with E-state index in [0.717, 1.165) is 73.0 Å². The number of esters is 1. The maximum absolute atomic E-state index is 12.7. The first kappa shape index (κ1) is 31.6. The number of aromatic nitrogens is 2. The van der Waals surface area contributed by atoms with Gasteiger partial charge in [0, 0.05) is 49.3 Å². The van der Waals surface area contributed by atoms with E-state index in [1.807, 2.05) is 30.3 Å². The first-order valence-electron chi connectivity index (χ1n) is 16.6. The molecule has 2 aliphatic heterocycles. The number of anilines is 2. The molecular weight excluding hydrogens is 610 g/mol. The number of allylic oxidation sites excluding steroid dienone is 1. The van der Waals surface area contributed by atoms with Crippen molar-refractivity contribution in [2.24, 2.45) is 5.41 Å². The fourth-order valence-corrected chi connectivity index (χ4v) is 7.45. The van der Waals surface area contributed by atoms with Crippen molar-refractivity contribution in [3.05, 3.63) is 88.6 Å². The highest BCUT2D eigenvalue weighted by Gasteiger charge is 2.36. The smallest absolute Gasteiger partial charge is 0.339 e. The fraction of sp³-hybridized carbons (Fsp3) is 0.421. The molecule has 3 aliphatic rings. The highest BCUT2D eigenvalue weighted by molar-refractivity contribution is 6.30. The van der Waals surface area contributed by atoms with Gasteiger partial charge in [0.05, 0.1) is 24.9 Å². The van der Waals surface area contributed by atoms with Gasteiger partial charge in [0.1, 0.15) is 11.3 Å². The predicted octanol–water partition coefficient (Wildman–Crippen LogP) is 7.70. The van der Waals surface area contributed by atoms with Gasteiger partial charge < -0.3 is 19.4 Å². The van der Waals surface area contributed by atoms with E-state index in [-0.39, 0.29) is 5.97 Å². The number of benzene rings is 2. The molecule has 0 unspecified atom stereocenters. The predicted molar refractivity (Wildman–Crippen MR) is 190 cm³/mol. The van der Waals surface area contributed by atoms with Crippen molar-refractivity contribution >= 4 is 45.6 Å². The van der Waals surface area contributed by atoms with Gasteiger partial charge in [-0.3, -0.25) is 4.90 Å². The van der Waals surface area contributed by atoms with E-state index in [4.69, 9.17) is 26.1 Å². The number of rotatable bonds is 6. The lowest BCUT2D eigenvalue weighted by Gasteiger charge is -2.41. The molecule has 4 aromatic rings. The van der Waals surface area contributed by atoms with Gasteiger partial charge in [0.15, 0.2) is 5.65 Å². The van der Waals surface area contributed by atoms with E-state index in [2.05, 4.69) is 77.6 Å². The van der Waals surface area contributed by atoms with Crippen molar-refractivity contribution in [2.45, 2.75) is 52.6 Å². The summed E-state index contributed by atoms with van der Waals surface area (Å²) in [6.07, 6.45) is 5.57. The van der Waals surface area contributed by atoms with Crippen LogP contribution in [0.4, 0.5) is 11.4 Å². The van der Waals surface area contributed by atoms with Crippen LogP contribution in [0.2, 0.25) is 5.02 Å². The number of ether oxygens (including phenoxy) is 2. The molecule has 0 N–H and O–H groups in total. The zero-order valence-corrected chi connectivity index (χ0v) is 28.8. The van der Waals surface area contributed by atoms with Gasteiger partial charge in [-0.05, 0) is 86.1 Å². The van der Waals surface area contributed by atoms with Crippen molar-refractivity contribution < 1.29 is 14.3 Å². The van der Waals surface area contributed by atoms with Crippen molar-refractivity contribution in [1.29, 1.82) is 0 Å². The Labute approximate surface area is 282 Å². The number of piperazine rings is 1. The monoisotopic (exact) mass is 653 g/mol. The minimum absolute atomic E-state index is 0.305. The van der Waals surface area contributed by atoms with E-state index in [9.17, 15) is 4.79 Å². The third-order valence-corrected chi connectivity index (χ3v) is 10.1. The molecule has 2 aromatic carbocycles. The van der Waals surface area contributed by atoms with Gasteiger partial charge in [-0.25, -0.2) is 9.47 Å². The minimum Gasteiger partial charge on any atom is -0.468 e. The van der Waals surface area contributed by atoms with Gasteiger partial charge in [0.25, 0.3) is 0 Å². The maximum atomic E-state index is 12.7. The molecule has 1 fully saturated rings. The Bertz CT molecular complexity index is 1840. The van der Waals surface area contributed by atoms with Crippen LogP contribution in [-0.4, -0.2) is 72.5 Å². The van der Waals surface area contributed by atoms with Crippen molar-refractivity contribution in [1.82, 2.24) is 14.6 Å². The summed E-state index contributed by atoms with van der Waals surface area (Å²) in [6, 6.07) is 20.2. The molecule has 2 aromatic heterocycles. The van der Waals surface area contributed by atoms with Gasteiger partial charge in [-0.1, -0.05) is 55.3 Å². The molecule has 0 saturated carbocycles. The maximum Gasteiger partial charge on any atom is 0.339 e. The molecule has 0 amide bonds. The van der Waals surface area contributed by atoms with Crippen molar-refractivity contribution in [2.75, 3.05) is 56.3 Å². The van der Waals surface area contributed by atoms with E-state index in [1.165, 1.54) is 24.7 Å². The third kappa shape index (κ3) is 6.33. The summed E-state index contributed by atoms with van der Waals surface area (Å²) in [4.78, 5) is 22.5. The number of hydrogen-bond acceptors (Lipinski definition) is 7. The summed E-state index contributed by atoms with van der Waals surface area (Å²) in [5.41, 5.74) is 7.17. The van der Waals surface area contributed by atoms with Gasteiger partial charge in [0.2, 0.25) is 5.88 Å². The van der Waals surface area contributed by atoms with Crippen LogP contribution in [0.3, 0.4) is 0 Å². The SMILES string of the molecule is COC(=O)c1ccccc1N1CC(C)(C)Oc2nc3c(ccn3N3CCN(CC4=C(c5ccc(Cl)cc5)CC(C)(C)CC4)CC3)cc21. The summed E-state index contributed by atoms with van der Waals surface area (Å²) >= 11 is 6.23. The summed E-state index contributed by atoms with van der Waals surface area (Å²) in [5, 5.41) is 4.19. The standard InChI is InChI=1S/C38H44ClN5O3/c1-37(2)16-14-28(31(23-37)26-10-12-29(39)13-11-26)24-41-18-20-42(21-19-41)44-17-15-27-22-33-35(40-34(27)44)47-38(3,4)25-43(33)32-9-7-6-8-30(32)36(45)46-5/h6-13,15,17,22H,14,16,18-21,23-25H2,1-5H3. The molecule has 0 bridgehead atoms. The zero-order chi connectivity index (χ0) is 32.9. The number of carbonyl (C=O) groups excluding carboxylic acids is 1. The first-order valence-corrected chi connectivity index (χ1v) is 17.0. The molecular formula is C38H44ClN5O3. The Balaban J connectivity index is 1.12. The lowest BCUT2D eigenvalue weighted by Crippen LogP contribution is -2.51. The second kappa shape index (κ2) is 12.2. The van der Waals surface area contributed by atoms with E-state index < -0.39 is 5.60 Å². The van der Waals surface area contributed by atoms with Gasteiger partial charge in [-0.2, -0.15) is 4.98 Å². The summed E-state index contributed by atoms with van der Waals surface area (Å²) in [6.45, 7) is 14.2. The van der Waals surface area contributed by atoms with E-state index in [1.54, 1.807) is 11.6 Å². The van der Waals surface area contributed by atoms with Gasteiger partial charge in [-0.15, -0.1) is 0 Å². The van der Waals surface area contributed by atoms with Crippen LogP contribution in [0.25, 0.3) is 16.6 Å². The second-order valence-electron chi connectivity index (χ2n) is 14.5. The molecule has 8 nitrogen and oxygen atoms in total. The van der Waals surface area contributed by atoms with Crippen LogP contribution in [0.1, 0.15) is 62.9 Å². The summed E-state index contributed by atoms with van der Waals surface area (Å²) < 4.78 is 13.8. The molecule has 0 radical (unpaired) electrons. The first-order chi connectivity index (χ1) is 22.5. The Morgan fingerprint density at radius 3 is 2.47 bits per heavy atom. The lowest BCUT2D eigenvalue weighted by atomic mass is 9.72. The van der Waals surface area contributed by atoms with Crippen LogP contribution < -0.4 is 14.6 Å². The molecule has 1 saturated heterocycles. The number of halogens is 1. The number of nitrogens with zero attached hydrogens (tertiary/aromatic N) is 5. The third-order valence-electron chi connectivity index (χ3n) is 9.84. The summed E-state index contributed by atoms with van der Waals surface area (Å²) in [5.74, 6) is 0.199. The fourth-order valence-electron chi connectivity index (χ4n) is 7.33. The van der Waals surface area contributed by atoms with Crippen LogP contribution in [0.15, 0.2) is 72.4 Å². The molecule has 7 rings (SSSR count). The molecule has 4 heterocycles. The van der Waals surface area contributed by atoms with Crippen LogP contribution in [0.5, 0.6) is 5.88 Å².